The zero-order valence-corrected chi connectivity index (χ0v) is 16.5. The summed E-state index contributed by atoms with van der Waals surface area (Å²) in [6.07, 6.45) is 0. The number of carbonyl (C=O) groups is 2. The maximum absolute atomic E-state index is 13.3. The van der Waals surface area contributed by atoms with Crippen molar-refractivity contribution in [3.8, 4) is 0 Å². The van der Waals surface area contributed by atoms with Crippen molar-refractivity contribution in [2.75, 3.05) is 26.3 Å². The average Bonchev–Trinajstić information content (AvgIpc) is 3.22. The summed E-state index contributed by atoms with van der Waals surface area (Å²) in [5.74, 6) is -1.89. The number of nitrogens with zero attached hydrogens (tertiary/aromatic N) is 1. The number of benzene rings is 1. The fourth-order valence-corrected chi connectivity index (χ4v) is 4.44. The molecule has 0 aliphatic carbocycles. The lowest BCUT2D eigenvalue weighted by molar-refractivity contribution is 0.0304. The Hall–Kier alpha value is -2.78. The van der Waals surface area contributed by atoms with Gasteiger partial charge in [-0.05, 0) is 30.7 Å². The molecule has 0 bridgehead atoms. The Morgan fingerprint density at radius 2 is 1.86 bits per heavy atom. The quantitative estimate of drug-likeness (QED) is 0.682. The molecule has 2 aromatic heterocycles. The Balaban J connectivity index is 1.53. The first-order valence-electron chi connectivity index (χ1n) is 9.14. The normalized spacial score (nSPS) is 14.4. The molecule has 1 aromatic carbocycles. The number of rotatable bonds is 4. The third-order valence-electron chi connectivity index (χ3n) is 4.78. The topological polar surface area (TPSA) is 74.4 Å². The Kier molecular flexibility index (Phi) is 5.33. The predicted molar refractivity (Wildman–Crippen MR) is 105 cm³/mol. The average molecular weight is 419 g/mol. The molecule has 3 heterocycles. The van der Waals surface area contributed by atoms with E-state index in [4.69, 9.17) is 4.74 Å². The van der Waals surface area contributed by atoms with E-state index in [1.54, 1.807) is 11.0 Å². The maximum atomic E-state index is 13.3. The van der Waals surface area contributed by atoms with Crippen LogP contribution in [0.2, 0.25) is 0 Å². The second kappa shape index (κ2) is 7.92. The number of nitrogens with one attached hydrogen (secondary N) is 2. The van der Waals surface area contributed by atoms with Gasteiger partial charge in [-0.15, -0.1) is 11.3 Å². The molecule has 0 spiro atoms. The minimum Gasteiger partial charge on any atom is -0.378 e. The summed E-state index contributed by atoms with van der Waals surface area (Å²) < 4.78 is 32.7. The van der Waals surface area contributed by atoms with Crippen molar-refractivity contribution in [3.63, 3.8) is 0 Å². The van der Waals surface area contributed by atoms with Gasteiger partial charge >= 0.3 is 0 Å². The Morgan fingerprint density at radius 3 is 2.55 bits per heavy atom. The van der Waals surface area contributed by atoms with Gasteiger partial charge in [0.2, 0.25) is 0 Å². The summed E-state index contributed by atoms with van der Waals surface area (Å²) >= 11 is 1.44. The highest BCUT2D eigenvalue weighted by Gasteiger charge is 2.25. The molecule has 3 aromatic rings. The second-order valence-electron chi connectivity index (χ2n) is 6.82. The van der Waals surface area contributed by atoms with E-state index in [1.807, 2.05) is 6.92 Å². The molecule has 0 radical (unpaired) electrons. The molecule has 4 rings (SSSR count). The second-order valence-corrected chi connectivity index (χ2v) is 8.08. The van der Waals surface area contributed by atoms with Crippen LogP contribution in [0.5, 0.6) is 0 Å². The number of morpholine rings is 1. The molecule has 1 aliphatic rings. The van der Waals surface area contributed by atoms with Gasteiger partial charge in [0.05, 0.1) is 29.0 Å². The fraction of sp³-hybridized carbons (Fsp3) is 0.300. The number of aromatic nitrogens is 1. The lowest BCUT2D eigenvalue weighted by Gasteiger charge is -2.26. The molecule has 9 heteroatoms. The molecule has 2 N–H and O–H groups in total. The van der Waals surface area contributed by atoms with Gasteiger partial charge < -0.3 is 19.9 Å². The smallest absolute Gasteiger partial charge is 0.268 e. The monoisotopic (exact) mass is 419 g/mol. The first kappa shape index (κ1) is 19.5. The molecule has 0 atom stereocenters. The van der Waals surface area contributed by atoms with E-state index in [9.17, 15) is 18.4 Å². The van der Waals surface area contributed by atoms with Crippen molar-refractivity contribution in [1.29, 1.82) is 0 Å². The molecular weight excluding hydrogens is 400 g/mol. The van der Waals surface area contributed by atoms with Crippen molar-refractivity contribution < 1.29 is 23.1 Å². The number of aromatic amines is 1. The van der Waals surface area contributed by atoms with E-state index < -0.39 is 17.5 Å². The SMILES string of the molecule is Cc1sc2cc(C(=O)NCc3cc(F)cc(F)c3)[nH]c2c1C(=O)N1CCOCC1. The van der Waals surface area contributed by atoms with E-state index in [2.05, 4.69) is 10.3 Å². The number of fused-ring (bicyclic) bond motifs is 1. The van der Waals surface area contributed by atoms with E-state index in [0.29, 0.717) is 48.6 Å². The summed E-state index contributed by atoms with van der Waals surface area (Å²) in [4.78, 5) is 31.1. The number of hydrogen-bond donors (Lipinski definition) is 2. The first-order valence-corrected chi connectivity index (χ1v) is 9.96. The Bertz CT molecular complexity index is 1070. The van der Waals surface area contributed by atoms with Crippen LogP contribution in [0, 0.1) is 18.6 Å². The van der Waals surface area contributed by atoms with Crippen LogP contribution >= 0.6 is 11.3 Å². The summed E-state index contributed by atoms with van der Waals surface area (Å²) in [5.41, 5.74) is 1.81. The highest BCUT2D eigenvalue weighted by Crippen LogP contribution is 2.32. The van der Waals surface area contributed by atoms with Crippen LogP contribution in [0.4, 0.5) is 8.78 Å². The van der Waals surface area contributed by atoms with Crippen LogP contribution in [-0.4, -0.2) is 48.0 Å². The summed E-state index contributed by atoms with van der Waals surface area (Å²) in [7, 11) is 0. The van der Waals surface area contributed by atoms with Crippen LogP contribution in [0.1, 0.15) is 31.3 Å². The van der Waals surface area contributed by atoms with E-state index in [-0.39, 0.29) is 12.5 Å². The molecular formula is C20H19F2N3O3S. The van der Waals surface area contributed by atoms with Crippen LogP contribution in [0.3, 0.4) is 0 Å². The van der Waals surface area contributed by atoms with Crippen LogP contribution in [0.25, 0.3) is 10.2 Å². The number of thiophene rings is 1. The van der Waals surface area contributed by atoms with Crippen LogP contribution in [-0.2, 0) is 11.3 Å². The predicted octanol–water partition coefficient (Wildman–Crippen LogP) is 3.22. The van der Waals surface area contributed by atoms with Gasteiger partial charge in [0.1, 0.15) is 17.3 Å². The highest BCUT2D eigenvalue weighted by molar-refractivity contribution is 7.19. The van der Waals surface area contributed by atoms with Gasteiger partial charge in [0, 0.05) is 30.6 Å². The molecule has 1 saturated heterocycles. The van der Waals surface area contributed by atoms with Crippen LogP contribution < -0.4 is 5.32 Å². The molecule has 152 valence electrons. The molecule has 0 saturated carbocycles. The van der Waals surface area contributed by atoms with Crippen molar-refractivity contribution in [3.05, 3.63) is 57.6 Å². The van der Waals surface area contributed by atoms with Crippen molar-refractivity contribution in [2.45, 2.75) is 13.5 Å². The summed E-state index contributed by atoms with van der Waals surface area (Å²) in [5, 5.41) is 2.64. The van der Waals surface area contributed by atoms with E-state index in [0.717, 1.165) is 15.6 Å². The number of ether oxygens (including phenoxy) is 1. The third kappa shape index (κ3) is 4.01. The fourth-order valence-electron chi connectivity index (χ4n) is 3.39. The van der Waals surface area contributed by atoms with Gasteiger partial charge in [0.25, 0.3) is 11.8 Å². The minimum atomic E-state index is -0.698. The van der Waals surface area contributed by atoms with E-state index in [1.165, 1.54) is 23.5 Å². The van der Waals surface area contributed by atoms with Gasteiger partial charge in [-0.3, -0.25) is 9.59 Å². The van der Waals surface area contributed by atoms with Crippen molar-refractivity contribution in [2.24, 2.45) is 0 Å². The third-order valence-corrected chi connectivity index (χ3v) is 5.83. The molecule has 6 nitrogen and oxygen atoms in total. The number of hydrogen-bond acceptors (Lipinski definition) is 4. The molecule has 2 amide bonds. The zero-order chi connectivity index (χ0) is 20.5. The Labute approximate surface area is 169 Å². The molecule has 0 unspecified atom stereocenters. The number of carbonyl (C=O) groups excluding carboxylic acids is 2. The first-order chi connectivity index (χ1) is 13.9. The standard InChI is InChI=1S/C20H19F2N3O3S/c1-11-17(20(27)25-2-4-28-5-3-25)18-16(29-11)9-15(24-18)19(26)23-10-12-6-13(21)8-14(22)7-12/h6-9,24H,2-5,10H2,1H3,(H,23,26). The molecule has 1 fully saturated rings. The van der Waals surface area contributed by atoms with Gasteiger partial charge in [-0.1, -0.05) is 0 Å². The number of aryl methyl sites for hydroxylation is 1. The highest BCUT2D eigenvalue weighted by atomic mass is 32.1. The van der Waals surface area contributed by atoms with Crippen molar-refractivity contribution in [1.82, 2.24) is 15.2 Å². The zero-order valence-electron chi connectivity index (χ0n) is 15.7. The lowest BCUT2D eigenvalue weighted by atomic mass is 10.2. The van der Waals surface area contributed by atoms with Crippen molar-refractivity contribution >= 4 is 33.4 Å². The van der Waals surface area contributed by atoms with Gasteiger partial charge in [-0.25, -0.2) is 8.78 Å². The maximum Gasteiger partial charge on any atom is 0.268 e. The molecule has 1 aliphatic heterocycles. The summed E-state index contributed by atoms with van der Waals surface area (Å²) in [6, 6.07) is 4.79. The Morgan fingerprint density at radius 1 is 1.17 bits per heavy atom. The summed E-state index contributed by atoms with van der Waals surface area (Å²) in [6.45, 7) is 3.96. The number of halogens is 2. The van der Waals surface area contributed by atoms with E-state index >= 15 is 0 Å². The van der Waals surface area contributed by atoms with Gasteiger partial charge in [0.15, 0.2) is 0 Å². The molecule has 29 heavy (non-hydrogen) atoms. The van der Waals surface area contributed by atoms with Crippen LogP contribution in [0.15, 0.2) is 24.3 Å². The lowest BCUT2D eigenvalue weighted by Crippen LogP contribution is -2.40. The van der Waals surface area contributed by atoms with Gasteiger partial charge in [-0.2, -0.15) is 0 Å². The number of amides is 2. The largest absolute Gasteiger partial charge is 0.378 e. The number of H-pyrrole nitrogens is 1. The minimum absolute atomic E-state index is 0.0151.